The second-order valence-electron chi connectivity index (χ2n) is 2.80. The summed E-state index contributed by atoms with van der Waals surface area (Å²) in [4.78, 5) is 0. The topological polar surface area (TPSA) is 72.3 Å². The summed E-state index contributed by atoms with van der Waals surface area (Å²) in [7, 11) is 0. The van der Waals surface area contributed by atoms with Crippen molar-refractivity contribution < 1.29 is 5.11 Å². The van der Waals surface area contributed by atoms with Gasteiger partial charge in [-0.2, -0.15) is 0 Å². The van der Waals surface area contributed by atoms with Crippen molar-refractivity contribution in [2.24, 2.45) is 11.5 Å². The van der Waals surface area contributed by atoms with E-state index in [1.54, 1.807) is 31.2 Å². The number of hydrogen-bond donors (Lipinski definition) is 3. The number of hydrogen-bond acceptors (Lipinski definition) is 3. The normalized spacial score (nSPS) is 22.0. The molecule has 0 aromatic rings. The fourth-order valence-electron chi connectivity index (χ4n) is 0.765. The Bertz CT molecular complexity index is 225. The maximum absolute atomic E-state index is 9.48. The van der Waals surface area contributed by atoms with Crippen LogP contribution in [-0.4, -0.2) is 10.7 Å². The molecule has 0 radical (unpaired) electrons. The molecule has 0 heterocycles. The Morgan fingerprint density at radius 3 is 1.91 bits per heavy atom. The van der Waals surface area contributed by atoms with Gasteiger partial charge >= 0.3 is 0 Å². The van der Waals surface area contributed by atoms with Gasteiger partial charge in [-0.1, -0.05) is 0 Å². The van der Waals surface area contributed by atoms with Crippen molar-refractivity contribution in [2.75, 3.05) is 0 Å². The van der Waals surface area contributed by atoms with Crippen LogP contribution >= 0.6 is 0 Å². The van der Waals surface area contributed by atoms with Crippen molar-refractivity contribution in [1.29, 1.82) is 0 Å². The van der Waals surface area contributed by atoms with Gasteiger partial charge in [0.05, 0.1) is 17.0 Å². The van der Waals surface area contributed by atoms with Crippen LogP contribution in [0.4, 0.5) is 0 Å². The van der Waals surface area contributed by atoms with Gasteiger partial charge in [0, 0.05) is 0 Å². The quantitative estimate of drug-likeness (QED) is 0.457. The van der Waals surface area contributed by atoms with E-state index in [1.807, 2.05) is 0 Å². The molecule has 1 aliphatic rings. The molecule has 5 N–H and O–H groups in total. The summed E-state index contributed by atoms with van der Waals surface area (Å²) in [5.41, 5.74) is 11.0. The second kappa shape index (κ2) is 2.43. The van der Waals surface area contributed by atoms with Crippen molar-refractivity contribution in [3.05, 3.63) is 35.7 Å². The zero-order chi connectivity index (χ0) is 8.48. The molecule has 1 aliphatic carbocycles. The van der Waals surface area contributed by atoms with Crippen LogP contribution in [0, 0.1) is 0 Å². The lowest BCUT2D eigenvalue weighted by molar-refractivity contribution is 0.164. The molecule has 0 amide bonds. The fraction of sp³-hybridized carbons (Fsp3) is 0.250. The van der Waals surface area contributed by atoms with Gasteiger partial charge in [-0.3, -0.25) is 0 Å². The van der Waals surface area contributed by atoms with Gasteiger partial charge in [-0.15, -0.1) is 0 Å². The van der Waals surface area contributed by atoms with Crippen LogP contribution in [0.3, 0.4) is 0 Å². The third kappa shape index (κ3) is 1.85. The molecule has 3 heteroatoms. The van der Waals surface area contributed by atoms with Crippen LogP contribution in [-0.2, 0) is 0 Å². The predicted octanol–water partition coefficient (Wildman–Crippen LogP) is -0.00760. The SMILES string of the molecule is CC1(O)C=CC(N)=C(N)C=C1. The smallest absolute Gasteiger partial charge is 0.0988 e. The molecule has 0 spiro atoms. The Hall–Kier alpha value is -1.22. The van der Waals surface area contributed by atoms with E-state index in [0.29, 0.717) is 11.4 Å². The number of allylic oxidation sites excluding steroid dienone is 2. The van der Waals surface area contributed by atoms with Crippen LogP contribution in [0.5, 0.6) is 0 Å². The number of rotatable bonds is 0. The lowest BCUT2D eigenvalue weighted by Gasteiger charge is -2.10. The van der Waals surface area contributed by atoms with Crippen molar-refractivity contribution in [3.63, 3.8) is 0 Å². The molecule has 11 heavy (non-hydrogen) atoms. The van der Waals surface area contributed by atoms with Gasteiger partial charge in [0.2, 0.25) is 0 Å². The maximum atomic E-state index is 9.48. The van der Waals surface area contributed by atoms with Crippen LogP contribution in [0.25, 0.3) is 0 Å². The third-order valence-corrected chi connectivity index (χ3v) is 1.53. The molecule has 0 aromatic heterocycles. The summed E-state index contributed by atoms with van der Waals surface area (Å²) < 4.78 is 0. The Kier molecular flexibility index (Phi) is 1.74. The first kappa shape index (κ1) is 7.88. The highest BCUT2D eigenvalue weighted by molar-refractivity contribution is 5.35. The van der Waals surface area contributed by atoms with E-state index >= 15 is 0 Å². The molecular weight excluding hydrogens is 140 g/mol. The van der Waals surface area contributed by atoms with E-state index in [0.717, 1.165) is 0 Å². The highest BCUT2D eigenvalue weighted by atomic mass is 16.3. The molecule has 0 aliphatic heterocycles. The minimum atomic E-state index is -0.939. The Morgan fingerprint density at radius 2 is 1.55 bits per heavy atom. The summed E-state index contributed by atoms with van der Waals surface area (Å²) in [6, 6.07) is 0. The number of nitrogens with two attached hydrogens (primary N) is 2. The highest BCUT2D eigenvalue weighted by Gasteiger charge is 2.13. The van der Waals surface area contributed by atoms with Gasteiger partial charge in [-0.05, 0) is 31.2 Å². The molecule has 0 unspecified atom stereocenters. The minimum Gasteiger partial charge on any atom is -0.397 e. The van der Waals surface area contributed by atoms with Crippen molar-refractivity contribution in [2.45, 2.75) is 12.5 Å². The molecular formula is C8H12N2O. The molecule has 0 saturated heterocycles. The van der Waals surface area contributed by atoms with Gasteiger partial charge < -0.3 is 16.6 Å². The van der Waals surface area contributed by atoms with Gasteiger partial charge in [0.1, 0.15) is 0 Å². The summed E-state index contributed by atoms with van der Waals surface area (Å²) in [5, 5.41) is 9.48. The number of aliphatic hydroxyl groups is 1. The maximum Gasteiger partial charge on any atom is 0.0988 e. The first-order valence-electron chi connectivity index (χ1n) is 3.37. The van der Waals surface area contributed by atoms with E-state index in [9.17, 15) is 5.11 Å². The molecule has 0 fully saturated rings. The lowest BCUT2D eigenvalue weighted by Crippen LogP contribution is -2.15. The average Bonchev–Trinajstić information content (AvgIpc) is 2.03. The van der Waals surface area contributed by atoms with Gasteiger partial charge in [-0.25, -0.2) is 0 Å². The Balaban J connectivity index is 3.01. The zero-order valence-electron chi connectivity index (χ0n) is 6.41. The van der Waals surface area contributed by atoms with Crippen molar-refractivity contribution in [3.8, 4) is 0 Å². The Labute approximate surface area is 65.7 Å². The molecule has 0 bridgehead atoms. The lowest BCUT2D eigenvalue weighted by atomic mass is 10.1. The van der Waals surface area contributed by atoms with Crippen LogP contribution in [0.2, 0.25) is 0 Å². The third-order valence-electron chi connectivity index (χ3n) is 1.53. The highest BCUT2D eigenvalue weighted by Crippen LogP contribution is 2.13. The molecule has 3 nitrogen and oxygen atoms in total. The Morgan fingerprint density at radius 1 is 1.18 bits per heavy atom. The van der Waals surface area contributed by atoms with E-state index in [4.69, 9.17) is 11.5 Å². The standard InChI is InChI=1S/C8H12N2O/c1-8(11)4-2-6(9)7(10)3-5-8/h2-5,11H,9-10H2,1H3. The second-order valence-corrected chi connectivity index (χ2v) is 2.80. The van der Waals surface area contributed by atoms with Crippen LogP contribution in [0.1, 0.15) is 6.92 Å². The predicted molar refractivity (Wildman–Crippen MR) is 44.3 cm³/mol. The monoisotopic (exact) mass is 152 g/mol. The first-order chi connectivity index (χ1) is 5.01. The fourth-order valence-corrected chi connectivity index (χ4v) is 0.765. The molecule has 1 rings (SSSR count). The molecule has 0 saturated carbocycles. The largest absolute Gasteiger partial charge is 0.397 e. The van der Waals surface area contributed by atoms with Gasteiger partial charge in [0.25, 0.3) is 0 Å². The summed E-state index contributed by atoms with van der Waals surface area (Å²) >= 11 is 0. The average molecular weight is 152 g/mol. The van der Waals surface area contributed by atoms with Crippen LogP contribution < -0.4 is 11.5 Å². The van der Waals surface area contributed by atoms with E-state index < -0.39 is 5.60 Å². The van der Waals surface area contributed by atoms with Crippen molar-refractivity contribution in [1.82, 2.24) is 0 Å². The van der Waals surface area contributed by atoms with E-state index in [-0.39, 0.29) is 0 Å². The van der Waals surface area contributed by atoms with Crippen molar-refractivity contribution >= 4 is 0 Å². The molecule has 60 valence electrons. The first-order valence-corrected chi connectivity index (χ1v) is 3.37. The van der Waals surface area contributed by atoms with Gasteiger partial charge in [0.15, 0.2) is 0 Å². The molecule has 0 atom stereocenters. The van der Waals surface area contributed by atoms with E-state index in [2.05, 4.69) is 0 Å². The van der Waals surface area contributed by atoms with E-state index in [1.165, 1.54) is 0 Å². The zero-order valence-corrected chi connectivity index (χ0v) is 6.41. The molecule has 0 aromatic carbocycles. The summed E-state index contributed by atoms with van der Waals surface area (Å²) in [6.45, 7) is 1.66. The summed E-state index contributed by atoms with van der Waals surface area (Å²) in [5.74, 6) is 0. The minimum absolute atomic E-state index is 0.485. The van der Waals surface area contributed by atoms with Crippen LogP contribution in [0.15, 0.2) is 35.7 Å². The summed E-state index contributed by atoms with van der Waals surface area (Å²) in [6.07, 6.45) is 6.40.